The Morgan fingerprint density at radius 3 is 2.40 bits per heavy atom. The molecule has 274 valence electrons. The number of amides is 1. The van der Waals surface area contributed by atoms with Gasteiger partial charge >= 0.3 is 6.18 Å². The SMILES string of the molecule is [2H]C([2H])([2H])OC([2H])([2H])C([2H])([2H])N1C([2H])([2H])C([2H])([2H])C([2H])(N(Cc2ccc(-c3ccc(C(F)(F)F)cc3)cc2)C(=O)CN2C(SCc3cccc(F)c3F)=CC(O)c3ccccc32)C([2H])([2H])C1([2H])[2H]. The number of rotatable bonds is 12. The number of benzene rings is 4. The van der Waals surface area contributed by atoms with Gasteiger partial charge in [0.1, 0.15) is 12.6 Å². The number of likely N-dealkylation sites (tertiary alicyclic amines) is 1. The van der Waals surface area contributed by atoms with E-state index in [1.54, 1.807) is 0 Å². The van der Waals surface area contributed by atoms with Gasteiger partial charge < -0.3 is 24.5 Å². The highest BCUT2D eigenvalue weighted by molar-refractivity contribution is 8.02. The summed E-state index contributed by atoms with van der Waals surface area (Å²) >= 11 is 0.787. The zero-order valence-corrected chi connectivity index (χ0v) is 27.7. The minimum Gasteiger partial charge on any atom is -0.384 e. The number of nitrogens with zero attached hydrogens (tertiary/aromatic N) is 3. The predicted octanol–water partition coefficient (Wildman–Crippen LogP) is 8.42. The van der Waals surface area contributed by atoms with Crippen molar-refractivity contribution in [3.63, 3.8) is 0 Å². The smallest absolute Gasteiger partial charge is 0.384 e. The van der Waals surface area contributed by atoms with E-state index in [0.29, 0.717) is 5.56 Å². The number of hydrogen-bond acceptors (Lipinski definition) is 6. The third kappa shape index (κ3) is 8.86. The van der Waals surface area contributed by atoms with Crippen molar-refractivity contribution >= 4 is 23.4 Å². The molecule has 2 aliphatic rings. The molecule has 2 heterocycles. The van der Waals surface area contributed by atoms with Crippen LogP contribution in [0.25, 0.3) is 11.1 Å². The second kappa shape index (κ2) is 16.6. The lowest BCUT2D eigenvalue weighted by molar-refractivity contribution is -0.137. The van der Waals surface area contributed by atoms with Crippen molar-refractivity contribution in [2.75, 3.05) is 44.5 Å². The number of carbonyl (C=O) groups is 1. The quantitative estimate of drug-likeness (QED) is 0.147. The molecule has 0 bridgehead atoms. The summed E-state index contributed by atoms with van der Waals surface area (Å²) in [6.07, 6.45) is -13.5. The minimum absolute atomic E-state index is 0.00994. The topological polar surface area (TPSA) is 56.2 Å². The first kappa shape index (κ1) is 22.1. The van der Waals surface area contributed by atoms with Gasteiger partial charge in [0.2, 0.25) is 5.91 Å². The van der Waals surface area contributed by atoms with Crippen molar-refractivity contribution < 1.29 is 58.5 Å². The molecular formula is C40H40F5N3O3S. The van der Waals surface area contributed by atoms with Crippen molar-refractivity contribution in [2.24, 2.45) is 0 Å². The molecule has 1 N–H and O–H groups in total. The van der Waals surface area contributed by atoms with Gasteiger partial charge in [0.05, 0.1) is 25.4 Å². The van der Waals surface area contributed by atoms with Crippen molar-refractivity contribution in [2.45, 2.75) is 43.3 Å². The number of para-hydroxylation sites is 1. The number of carbonyl (C=O) groups excluding carboxylic acids is 1. The molecular weight excluding hydrogens is 698 g/mol. The van der Waals surface area contributed by atoms with Crippen LogP contribution >= 0.6 is 11.8 Å². The fraction of sp³-hybridized carbons (Fsp3) is 0.325. The molecule has 0 spiro atoms. The summed E-state index contributed by atoms with van der Waals surface area (Å²) in [6.45, 7) is -19.5. The summed E-state index contributed by atoms with van der Waals surface area (Å²) in [5.74, 6) is -4.13. The zero-order valence-electron chi connectivity index (χ0n) is 42.8. The van der Waals surface area contributed by atoms with Gasteiger partial charge in [-0.2, -0.15) is 13.2 Å². The van der Waals surface area contributed by atoms with Crippen LogP contribution < -0.4 is 4.90 Å². The molecule has 1 amide bonds. The molecule has 1 unspecified atom stereocenters. The van der Waals surface area contributed by atoms with Crippen LogP contribution in [0.2, 0.25) is 0 Å². The lowest BCUT2D eigenvalue weighted by atomic mass is 9.99. The maximum atomic E-state index is 15.2. The maximum Gasteiger partial charge on any atom is 0.416 e. The molecule has 4 aromatic rings. The predicted molar refractivity (Wildman–Crippen MR) is 193 cm³/mol. The van der Waals surface area contributed by atoms with E-state index in [9.17, 15) is 33.9 Å². The lowest BCUT2D eigenvalue weighted by Crippen LogP contribution is -2.50. The third-order valence-electron chi connectivity index (χ3n) is 8.01. The van der Waals surface area contributed by atoms with Crippen LogP contribution in [-0.4, -0.2) is 66.5 Å². The van der Waals surface area contributed by atoms with Crippen molar-refractivity contribution in [3.8, 4) is 11.1 Å². The van der Waals surface area contributed by atoms with E-state index in [0.717, 1.165) is 42.1 Å². The van der Waals surface area contributed by atoms with Crippen LogP contribution in [0.1, 0.15) is 63.0 Å². The fourth-order valence-electron chi connectivity index (χ4n) is 5.40. The van der Waals surface area contributed by atoms with Crippen molar-refractivity contribution in [1.82, 2.24) is 9.80 Å². The minimum atomic E-state index is -4.65. The Labute approximate surface area is 327 Å². The van der Waals surface area contributed by atoms with Gasteiger partial charge in [0.25, 0.3) is 0 Å². The number of aliphatic hydroxyl groups excluding tert-OH is 1. The Hall–Kier alpha value is -4.23. The lowest BCUT2D eigenvalue weighted by Gasteiger charge is -2.40. The average Bonchev–Trinajstić information content (AvgIpc) is 3.22. The molecule has 1 atom stereocenters. The number of halogens is 5. The van der Waals surface area contributed by atoms with Gasteiger partial charge in [-0.25, -0.2) is 8.78 Å². The van der Waals surface area contributed by atoms with Crippen molar-refractivity contribution in [1.29, 1.82) is 0 Å². The molecule has 2 aliphatic heterocycles. The summed E-state index contributed by atoms with van der Waals surface area (Å²) in [7, 11) is -3.77. The first-order valence-electron chi connectivity index (χ1n) is 23.4. The molecule has 0 radical (unpaired) electrons. The molecule has 0 aliphatic carbocycles. The third-order valence-corrected chi connectivity index (χ3v) is 9.11. The number of methoxy groups -OCH3 is 1. The van der Waals surface area contributed by atoms with Gasteiger partial charge in [-0.05, 0) is 59.8 Å². The van der Waals surface area contributed by atoms with Crippen molar-refractivity contribution in [3.05, 3.63) is 136 Å². The Morgan fingerprint density at radius 2 is 1.71 bits per heavy atom. The Balaban J connectivity index is 1.50. The van der Waals surface area contributed by atoms with E-state index < -0.39 is 105 Å². The van der Waals surface area contributed by atoms with Crippen LogP contribution in [0, 0.1) is 11.6 Å². The molecule has 0 aromatic heterocycles. The normalized spacial score (nSPS) is 26.6. The highest BCUT2D eigenvalue weighted by Gasteiger charge is 2.33. The van der Waals surface area contributed by atoms with Gasteiger partial charge in [0.15, 0.2) is 11.6 Å². The highest BCUT2D eigenvalue weighted by atomic mass is 32.2. The van der Waals surface area contributed by atoms with Gasteiger partial charge in [-0.1, -0.05) is 66.7 Å². The van der Waals surface area contributed by atoms with E-state index in [-0.39, 0.29) is 43.6 Å². The number of anilines is 1. The fourth-order valence-corrected chi connectivity index (χ4v) is 6.47. The van der Waals surface area contributed by atoms with Crippen LogP contribution in [0.15, 0.2) is 102 Å². The van der Waals surface area contributed by atoms with Crippen LogP contribution in [0.5, 0.6) is 0 Å². The Bertz CT molecular complexity index is 2540. The molecule has 1 saturated heterocycles. The number of thioether (sulfide) groups is 1. The average molecular weight is 754 g/mol. The summed E-state index contributed by atoms with van der Waals surface area (Å²) in [6, 6.07) is 14.3. The molecule has 6 rings (SSSR count). The summed E-state index contributed by atoms with van der Waals surface area (Å²) in [5.41, 5.74) is -0.326. The standard InChI is InChI=1S/C40H40F5N3O3S/c1-51-22-21-46-19-17-32(18-20-46)47(24-27-9-11-28(12-10-27)29-13-15-31(16-14-29)40(43,44)45)37(50)25-48-35-8-3-2-6-33(35)36(49)23-38(48)52-26-30-5-4-7-34(41)39(30)42/h2-16,23,32,36,49H,17-22,24-26H2,1H3/i1D3,17D2,18D2,19D2,20D2,21D2,22D2,32D. The van der Waals surface area contributed by atoms with Gasteiger partial charge in [-0.15, -0.1) is 11.8 Å². The van der Waals surface area contributed by atoms with Gasteiger partial charge in [0, 0.05) is 75.4 Å². The van der Waals surface area contributed by atoms with Gasteiger partial charge in [-0.3, -0.25) is 4.79 Å². The zero-order chi connectivity index (χ0) is 51.0. The van der Waals surface area contributed by atoms with E-state index in [1.165, 1.54) is 71.6 Å². The second-order valence-electron chi connectivity index (χ2n) is 11.3. The summed E-state index contributed by atoms with van der Waals surface area (Å²) in [5, 5.41) is 11.1. The summed E-state index contributed by atoms with van der Waals surface area (Å²) in [4.78, 5) is 15.6. The number of ether oxygens (including phenoxy) is 1. The van der Waals surface area contributed by atoms with E-state index in [4.69, 9.17) is 15.1 Å². The first-order chi connectivity index (χ1) is 31.0. The number of alkyl halides is 3. The first-order valence-corrected chi connectivity index (χ1v) is 16.4. The maximum absolute atomic E-state index is 15.2. The second-order valence-corrected chi connectivity index (χ2v) is 12.3. The Kier molecular flexibility index (Phi) is 7.06. The summed E-state index contributed by atoms with van der Waals surface area (Å²) < 4.78 is 211. The highest BCUT2D eigenvalue weighted by Crippen LogP contribution is 2.41. The molecule has 4 aromatic carbocycles. The largest absolute Gasteiger partial charge is 0.416 e. The van der Waals surface area contributed by atoms with Crippen LogP contribution in [0.3, 0.4) is 0 Å². The number of piperidine rings is 1. The van der Waals surface area contributed by atoms with E-state index in [2.05, 4.69) is 4.74 Å². The Morgan fingerprint density at radius 1 is 1.02 bits per heavy atom. The van der Waals surface area contributed by atoms with Crippen LogP contribution in [-0.2, 0) is 28.0 Å². The molecule has 12 heteroatoms. The van der Waals surface area contributed by atoms with Crippen LogP contribution in [0.4, 0.5) is 27.6 Å². The number of aliphatic hydroxyl groups is 1. The van der Waals surface area contributed by atoms with E-state index in [1.807, 2.05) is 0 Å². The van der Waals surface area contributed by atoms with E-state index >= 15 is 4.79 Å². The molecule has 6 nitrogen and oxygen atoms in total. The number of hydrogen-bond donors (Lipinski definition) is 1. The number of fused-ring (bicyclic) bond motifs is 1. The molecule has 1 fully saturated rings. The monoisotopic (exact) mass is 753 g/mol. The molecule has 0 saturated carbocycles. The molecule has 52 heavy (non-hydrogen) atoms.